The molecule has 0 aromatic rings. The molecule has 0 unspecified atom stereocenters. The first-order valence-electron chi connectivity index (χ1n) is 3.20. The van der Waals surface area contributed by atoms with Crippen molar-refractivity contribution in [2.45, 2.75) is 6.92 Å². The number of methoxy groups -OCH3 is 1. The topological polar surface area (TPSA) is 47.9 Å². The fraction of sp³-hybridized carbons (Fsp3) is 0.429. The molecule has 0 spiro atoms. The van der Waals surface area contributed by atoms with Gasteiger partial charge in [0.25, 0.3) is 0 Å². The SMILES string of the molecule is COCC=C1N=C(C)OC1=O. The summed E-state index contributed by atoms with van der Waals surface area (Å²) in [6.45, 7) is 2.01. The summed E-state index contributed by atoms with van der Waals surface area (Å²) in [5, 5.41) is 0. The van der Waals surface area contributed by atoms with Gasteiger partial charge in [0.2, 0.25) is 0 Å². The van der Waals surface area contributed by atoms with Crippen LogP contribution in [0.25, 0.3) is 0 Å². The van der Waals surface area contributed by atoms with Crippen LogP contribution in [0.4, 0.5) is 0 Å². The molecule has 0 aromatic heterocycles. The molecule has 0 fully saturated rings. The van der Waals surface area contributed by atoms with Crippen molar-refractivity contribution in [1.29, 1.82) is 0 Å². The van der Waals surface area contributed by atoms with E-state index >= 15 is 0 Å². The average molecular weight is 155 g/mol. The Morgan fingerprint density at radius 2 is 2.45 bits per heavy atom. The molecule has 0 aliphatic carbocycles. The zero-order chi connectivity index (χ0) is 8.27. The van der Waals surface area contributed by atoms with E-state index in [2.05, 4.69) is 9.73 Å². The van der Waals surface area contributed by atoms with Gasteiger partial charge in [-0.25, -0.2) is 9.79 Å². The second-order valence-corrected chi connectivity index (χ2v) is 2.07. The Balaban J connectivity index is 2.65. The summed E-state index contributed by atoms with van der Waals surface area (Å²) in [6.07, 6.45) is 1.58. The molecule has 1 heterocycles. The number of esters is 1. The number of aliphatic imine (C=N–C) groups is 1. The van der Waals surface area contributed by atoms with Crippen molar-refractivity contribution in [3.8, 4) is 0 Å². The first-order valence-corrected chi connectivity index (χ1v) is 3.20. The van der Waals surface area contributed by atoms with E-state index in [1.807, 2.05) is 0 Å². The molecule has 1 rings (SSSR count). The molecule has 0 N–H and O–H groups in total. The predicted octanol–water partition coefficient (Wildman–Crippen LogP) is 0.492. The van der Waals surface area contributed by atoms with Crippen LogP contribution < -0.4 is 0 Å². The van der Waals surface area contributed by atoms with Gasteiger partial charge in [-0.3, -0.25) is 0 Å². The lowest BCUT2D eigenvalue weighted by molar-refractivity contribution is -0.130. The average Bonchev–Trinajstić information content (AvgIpc) is 2.26. The lowest BCUT2D eigenvalue weighted by Crippen LogP contribution is -2.00. The molecule has 1 aliphatic heterocycles. The second kappa shape index (κ2) is 3.30. The minimum absolute atomic E-state index is 0.323. The van der Waals surface area contributed by atoms with Crippen LogP contribution in [0.5, 0.6) is 0 Å². The Labute approximate surface area is 64.5 Å². The maximum atomic E-state index is 10.8. The van der Waals surface area contributed by atoms with E-state index in [9.17, 15) is 4.79 Å². The number of cyclic esters (lactones) is 1. The molecule has 60 valence electrons. The highest BCUT2D eigenvalue weighted by atomic mass is 16.6. The van der Waals surface area contributed by atoms with Crippen molar-refractivity contribution < 1.29 is 14.3 Å². The van der Waals surface area contributed by atoms with Crippen molar-refractivity contribution in [3.63, 3.8) is 0 Å². The zero-order valence-electron chi connectivity index (χ0n) is 6.46. The van der Waals surface area contributed by atoms with Gasteiger partial charge in [-0.05, 0) is 6.08 Å². The third kappa shape index (κ3) is 1.88. The number of ether oxygens (including phenoxy) is 2. The van der Waals surface area contributed by atoms with Gasteiger partial charge in [0.15, 0.2) is 11.6 Å². The minimum atomic E-state index is -0.403. The monoisotopic (exact) mass is 155 g/mol. The van der Waals surface area contributed by atoms with Crippen molar-refractivity contribution in [3.05, 3.63) is 11.8 Å². The number of nitrogens with zero attached hydrogens (tertiary/aromatic N) is 1. The van der Waals surface area contributed by atoms with Crippen LogP contribution in [0.1, 0.15) is 6.92 Å². The molecular formula is C7H9NO3. The van der Waals surface area contributed by atoms with Gasteiger partial charge in [0.1, 0.15) is 0 Å². The van der Waals surface area contributed by atoms with Crippen molar-refractivity contribution in [2.24, 2.45) is 4.99 Å². The molecule has 0 saturated heterocycles. The molecule has 0 aromatic carbocycles. The summed E-state index contributed by atoms with van der Waals surface area (Å²) in [7, 11) is 1.55. The summed E-state index contributed by atoms with van der Waals surface area (Å²) in [4.78, 5) is 14.7. The smallest absolute Gasteiger partial charge is 0.363 e. The van der Waals surface area contributed by atoms with Crippen molar-refractivity contribution in [2.75, 3.05) is 13.7 Å². The van der Waals surface area contributed by atoms with E-state index in [4.69, 9.17) is 4.74 Å². The highest BCUT2D eigenvalue weighted by Crippen LogP contribution is 2.09. The fourth-order valence-corrected chi connectivity index (χ4v) is 0.716. The number of hydrogen-bond acceptors (Lipinski definition) is 4. The van der Waals surface area contributed by atoms with E-state index in [1.54, 1.807) is 20.1 Å². The van der Waals surface area contributed by atoms with Crippen LogP contribution in [0.3, 0.4) is 0 Å². The molecule has 0 amide bonds. The van der Waals surface area contributed by atoms with Crippen LogP contribution >= 0.6 is 0 Å². The maximum Gasteiger partial charge on any atom is 0.363 e. The van der Waals surface area contributed by atoms with Crippen LogP contribution in [-0.2, 0) is 14.3 Å². The first kappa shape index (κ1) is 7.94. The Hall–Kier alpha value is -1.16. The van der Waals surface area contributed by atoms with Gasteiger partial charge >= 0.3 is 5.97 Å². The minimum Gasteiger partial charge on any atom is -0.407 e. The van der Waals surface area contributed by atoms with Crippen molar-refractivity contribution >= 4 is 11.9 Å². The highest BCUT2D eigenvalue weighted by molar-refractivity contribution is 6.03. The molecule has 0 bridgehead atoms. The summed E-state index contributed by atoms with van der Waals surface area (Å²) in [6, 6.07) is 0. The molecule has 1 aliphatic rings. The van der Waals surface area contributed by atoms with E-state index in [0.717, 1.165) is 0 Å². The van der Waals surface area contributed by atoms with Crippen LogP contribution in [-0.4, -0.2) is 25.6 Å². The Morgan fingerprint density at radius 3 is 2.91 bits per heavy atom. The molecule has 4 nitrogen and oxygen atoms in total. The lowest BCUT2D eigenvalue weighted by atomic mass is 10.4. The third-order valence-electron chi connectivity index (χ3n) is 1.17. The molecule has 0 atom stereocenters. The zero-order valence-corrected chi connectivity index (χ0v) is 6.46. The number of rotatable bonds is 2. The summed E-state index contributed by atoms with van der Waals surface area (Å²) >= 11 is 0. The van der Waals surface area contributed by atoms with Gasteiger partial charge in [-0.15, -0.1) is 0 Å². The standard InChI is InChI=1S/C7H9NO3/c1-5-8-6(3-4-10-2)7(9)11-5/h3H,4H2,1-2H3. The molecule has 4 heteroatoms. The Kier molecular flexibility index (Phi) is 2.38. The molecule has 0 radical (unpaired) electrons. The predicted molar refractivity (Wildman–Crippen MR) is 39.2 cm³/mol. The number of carbonyl (C=O) groups is 1. The van der Waals surface area contributed by atoms with Crippen LogP contribution in [0, 0.1) is 0 Å². The van der Waals surface area contributed by atoms with Gasteiger partial charge in [-0.1, -0.05) is 0 Å². The van der Waals surface area contributed by atoms with E-state index in [0.29, 0.717) is 18.2 Å². The van der Waals surface area contributed by atoms with E-state index < -0.39 is 5.97 Å². The lowest BCUT2D eigenvalue weighted by Gasteiger charge is -1.89. The molecule has 11 heavy (non-hydrogen) atoms. The van der Waals surface area contributed by atoms with E-state index in [-0.39, 0.29) is 0 Å². The third-order valence-corrected chi connectivity index (χ3v) is 1.17. The molecular weight excluding hydrogens is 146 g/mol. The summed E-state index contributed by atoms with van der Waals surface area (Å²) < 4.78 is 9.39. The maximum absolute atomic E-state index is 10.8. The highest BCUT2D eigenvalue weighted by Gasteiger charge is 2.18. The fourth-order valence-electron chi connectivity index (χ4n) is 0.716. The number of hydrogen-bond donors (Lipinski definition) is 0. The second-order valence-electron chi connectivity index (χ2n) is 2.07. The van der Waals surface area contributed by atoms with Crippen LogP contribution in [0.2, 0.25) is 0 Å². The molecule has 0 saturated carbocycles. The van der Waals surface area contributed by atoms with Gasteiger partial charge in [-0.2, -0.15) is 0 Å². The summed E-state index contributed by atoms with van der Waals surface area (Å²) in [5.41, 5.74) is 0.323. The quantitative estimate of drug-likeness (QED) is 0.430. The van der Waals surface area contributed by atoms with Crippen molar-refractivity contribution in [1.82, 2.24) is 0 Å². The van der Waals surface area contributed by atoms with Crippen LogP contribution in [0.15, 0.2) is 16.8 Å². The number of carbonyl (C=O) groups excluding carboxylic acids is 1. The normalized spacial score (nSPS) is 20.4. The Bertz CT molecular complexity index is 230. The van der Waals surface area contributed by atoms with E-state index in [1.165, 1.54) is 0 Å². The van der Waals surface area contributed by atoms with Gasteiger partial charge in [0, 0.05) is 14.0 Å². The summed E-state index contributed by atoms with van der Waals surface area (Å²) in [5.74, 6) is -0.0168. The largest absolute Gasteiger partial charge is 0.407 e. The van der Waals surface area contributed by atoms with Gasteiger partial charge < -0.3 is 9.47 Å². The van der Waals surface area contributed by atoms with Gasteiger partial charge in [0.05, 0.1) is 6.61 Å². The first-order chi connectivity index (χ1) is 5.24. The Morgan fingerprint density at radius 1 is 1.73 bits per heavy atom.